The summed E-state index contributed by atoms with van der Waals surface area (Å²) in [6, 6.07) is 45.5. The molecule has 65 heavy (non-hydrogen) atoms. The highest BCUT2D eigenvalue weighted by Gasteiger charge is 2.42. The number of aromatic nitrogens is 1. The van der Waals surface area contributed by atoms with Crippen molar-refractivity contribution in [2.24, 2.45) is 0 Å². The Kier molecular flexibility index (Phi) is 9.33. The van der Waals surface area contributed by atoms with Gasteiger partial charge in [-0.15, -0.1) is 0 Å². The zero-order valence-corrected chi connectivity index (χ0v) is 37.7. The Labute approximate surface area is 384 Å². The van der Waals surface area contributed by atoms with Gasteiger partial charge in [0, 0.05) is 51.1 Å². The predicted molar refractivity (Wildman–Crippen MR) is 272 cm³/mol. The fourth-order valence-corrected chi connectivity index (χ4v) is 13.0. The number of para-hydroxylation sites is 2. The molecule has 2 aliphatic heterocycles. The smallest absolute Gasteiger partial charge is 0.0844 e. The average Bonchev–Trinajstić information content (AvgIpc) is 3.96. The number of fused-ring (bicyclic) bond motifs is 8. The molecule has 5 aromatic carbocycles. The van der Waals surface area contributed by atoms with Crippen molar-refractivity contribution in [3.63, 3.8) is 0 Å². The molecule has 1 saturated heterocycles. The second kappa shape index (κ2) is 15.5. The van der Waals surface area contributed by atoms with Gasteiger partial charge in [-0.25, -0.2) is 0 Å². The number of hydrogen-bond acceptors (Lipinski definition) is 3. The minimum atomic E-state index is -0.106. The normalized spacial score (nSPS) is 26.4. The van der Waals surface area contributed by atoms with Crippen molar-refractivity contribution < 1.29 is 0 Å². The zero-order chi connectivity index (χ0) is 43.2. The van der Waals surface area contributed by atoms with E-state index in [-0.39, 0.29) is 17.6 Å². The Morgan fingerprint density at radius 1 is 0.662 bits per heavy atom. The first-order valence-corrected chi connectivity index (χ1v) is 24.5. The van der Waals surface area contributed by atoms with E-state index in [0.29, 0.717) is 24.0 Å². The van der Waals surface area contributed by atoms with Crippen LogP contribution in [0.3, 0.4) is 0 Å². The molecular formula is C61H58N4. The standard InChI is InChI=1S/C61H58N4/c1-61(2)52-36-43(55-38-54(39-16-6-3-7-17-39)62-60(63-55)40-18-8-4-9-19-40)26-30-46(52)47-31-29-45(37-53(47)61)65-57-25-15-13-23-49(57)51-35-42(28-33-59(51)65)41-27-32-58-50(34-41)48-22-12-14-24-56(48)64(58)44-20-10-5-11-21-44/h3-6,8-16,18-20,22-26,28,30,33-37,41,44,54-55,58,60,62-63H,7,17,21,27,29,31-32,38H2,1-2H3. The molecule has 0 saturated carbocycles. The maximum atomic E-state index is 4.05. The average molecular weight is 847 g/mol. The third kappa shape index (κ3) is 6.39. The summed E-state index contributed by atoms with van der Waals surface area (Å²) in [7, 11) is 0. The Balaban J connectivity index is 0.826. The first kappa shape index (κ1) is 39.2. The second-order valence-corrected chi connectivity index (χ2v) is 20.2. The maximum Gasteiger partial charge on any atom is 0.0844 e. The molecule has 0 bridgehead atoms. The summed E-state index contributed by atoms with van der Waals surface area (Å²) < 4.78 is 2.60. The van der Waals surface area contributed by atoms with E-state index < -0.39 is 0 Å². The molecule has 322 valence electrons. The lowest BCUT2D eigenvalue weighted by atomic mass is 9.78. The summed E-state index contributed by atoms with van der Waals surface area (Å²) in [5.74, 6) is 0.392. The molecule has 1 fully saturated rings. The highest BCUT2D eigenvalue weighted by molar-refractivity contribution is 6.10. The third-order valence-electron chi connectivity index (χ3n) is 16.3. The quantitative estimate of drug-likeness (QED) is 0.175. The van der Waals surface area contributed by atoms with Gasteiger partial charge in [-0.3, -0.25) is 10.6 Å². The third-order valence-corrected chi connectivity index (χ3v) is 16.3. The van der Waals surface area contributed by atoms with Crippen LogP contribution in [0.25, 0.3) is 38.6 Å². The molecular weight excluding hydrogens is 789 g/mol. The summed E-state index contributed by atoms with van der Waals surface area (Å²) in [6.07, 6.45) is 30.1. The molecule has 6 unspecified atom stereocenters. The molecule has 0 spiro atoms. The van der Waals surface area contributed by atoms with Crippen LogP contribution in [-0.4, -0.2) is 22.7 Å². The lowest BCUT2D eigenvalue weighted by molar-refractivity contribution is 0.262. The molecule has 3 heterocycles. The summed E-state index contributed by atoms with van der Waals surface area (Å²) in [4.78, 5) is 2.71. The van der Waals surface area contributed by atoms with Gasteiger partial charge in [0.2, 0.25) is 0 Å². The number of nitrogens with zero attached hydrogens (tertiary/aromatic N) is 2. The number of hydrogen-bond donors (Lipinski definition) is 2. The molecule has 0 amide bonds. The molecule has 2 N–H and O–H groups in total. The van der Waals surface area contributed by atoms with Gasteiger partial charge in [-0.05, 0) is 126 Å². The van der Waals surface area contributed by atoms with Crippen LogP contribution in [0.5, 0.6) is 0 Å². The van der Waals surface area contributed by atoms with E-state index in [1.54, 1.807) is 0 Å². The van der Waals surface area contributed by atoms with Crippen LogP contribution >= 0.6 is 0 Å². The molecule has 0 radical (unpaired) electrons. The van der Waals surface area contributed by atoms with Gasteiger partial charge in [0.1, 0.15) is 0 Å². The van der Waals surface area contributed by atoms with Gasteiger partial charge in [-0.2, -0.15) is 0 Å². The van der Waals surface area contributed by atoms with Crippen LogP contribution in [0.1, 0.15) is 117 Å². The molecule has 4 heteroatoms. The van der Waals surface area contributed by atoms with Gasteiger partial charge in [0.25, 0.3) is 0 Å². The molecule has 5 aliphatic carbocycles. The lowest BCUT2D eigenvalue weighted by Gasteiger charge is -2.40. The van der Waals surface area contributed by atoms with Crippen molar-refractivity contribution >= 4 is 44.3 Å². The van der Waals surface area contributed by atoms with Crippen LogP contribution in [0.2, 0.25) is 0 Å². The topological polar surface area (TPSA) is 32.2 Å². The van der Waals surface area contributed by atoms with Crippen molar-refractivity contribution in [3.05, 3.63) is 214 Å². The van der Waals surface area contributed by atoms with Crippen LogP contribution in [0.15, 0.2) is 181 Å². The van der Waals surface area contributed by atoms with Crippen LogP contribution in [0.4, 0.5) is 5.69 Å². The van der Waals surface area contributed by atoms with E-state index in [9.17, 15) is 0 Å². The van der Waals surface area contributed by atoms with Gasteiger partial charge in [0.05, 0.1) is 29.3 Å². The van der Waals surface area contributed by atoms with Crippen molar-refractivity contribution in [2.45, 2.75) is 107 Å². The zero-order valence-electron chi connectivity index (χ0n) is 37.7. The summed E-state index contributed by atoms with van der Waals surface area (Å²) in [6.45, 7) is 4.93. The van der Waals surface area contributed by atoms with Crippen molar-refractivity contribution in [1.29, 1.82) is 0 Å². The SMILES string of the molecule is CC1(C)C2=C(CCC(n3c4ccccc4c4cc(C5C=C6c7ccccc7N(C7C=CC=CC7)C6CC5)ccc43)=C2)c2ccc(C3CC(C4=CC=CCC4)NC(c4ccccc4)N3)cc21. The number of allylic oxidation sites excluding steroid dienone is 10. The van der Waals surface area contributed by atoms with Crippen LogP contribution in [0, 0.1) is 0 Å². The van der Waals surface area contributed by atoms with E-state index in [1.165, 1.54) is 95.3 Å². The highest BCUT2D eigenvalue weighted by Crippen LogP contribution is 2.54. The fourth-order valence-electron chi connectivity index (χ4n) is 13.0. The largest absolute Gasteiger partial charge is 0.357 e. The van der Waals surface area contributed by atoms with Crippen LogP contribution in [-0.2, 0) is 5.41 Å². The second-order valence-electron chi connectivity index (χ2n) is 20.2. The van der Waals surface area contributed by atoms with Crippen molar-refractivity contribution in [3.8, 4) is 0 Å². The van der Waals surface area contributed by atoms with Gasteiger partial charge in [0.15, 0.2) is 0 Å². The van der Waals surface area contributed by atoms with E-state index >= 15 is 0 Å². The Morgan fingerprint density at radius 3 is 2.37 bits per heavy atom. The first-order chi connectivity index (χ1) is 32.0. The van der Waals surface area contributed by atoms with Crippen molar-refractivity contribution in [1.82, 2.24) is 15.2 Å². The number of anilines is 1. The van der Waals surface area contributed by atoms with E-state index in [0.717, 1.165) is 44.9 Å². The Morgan fingerprint density at radius 2 is 1.49 bits per heavy atom. The molecule has 4 nitrogen and oxygen atoms in total. The minimum absolute atomic E-state index is 0.0943. The molecule has 7 aliphatic rings. The van der Waals surface area contributed by atoms with Gasteiger partial charge < -0.3 is 9.47 Å². The monoisotopic (exact) mass is 846 g/mol. The number of rotatable bonds is 6. The number of benzene rings is 5. The molecule has 13 rings (SSSR count). The van der Waals surface area contributed by atoms with Gasteiger partial charge in [-0.1, -0.05) is 159 Å². The highest BCUT2D eigenvalue weighted by atomic mass is 15.2. The number of nitrogens with one attached hydrogen (secondary N) is 2. The summed E-state index contributed by atoms with van der Waals surface area (Å²) >= 11 is 0. The molecule has 6 aromatic rings. The first-order valence-electron chi connectivity index (χ1n) is 24.5. The van der Waals surface area contributed by atoms with Gasteiger partial charge >= 0.3 is 0 Å². The van der Waals surface area contributed by atoms with E-state index in [4.69, 9.17) is 0 Å². The minimum Gasteiger partial charge on any atom is -0.357 e. The summed E-state index contributed by atoms with van der Waals surface area (Å²) in [5, 5.41) is 10.8. The van der Waals surface area contributed by atoms with Crippen LogP contribution < -0.4 is 15.5 Å². The van der Waals surface area contributed by atoms with Crippen molar-refractivity contribution in [2.75, 3.05) is 4.90 Å². The maximum absolute atomic E-state index is 4.05. The molecule has 1 aromatic heterocycles. The lowest BCUT2D eigenvalue weighted by Crippen LogP contribution is -2.50. The van der Waals surface area contributed by atoms with E-state index in [2.05, 4.69) is 204 Å². The fraction of sp³-hybridized carbons (Fsp3) is 0.279. The summed E-state index contributed by atoms with van der Waals surface area (Å²) in [5.41, 5.74) is 19.9. The van der Waals surface area contributed by atoms with E-state index in [1.807, 2.05) is 0 Å². The predicted octanol–water partition coefficient (Wildman–Crippen LogP) is 14.2. The molecule has 6 atom stereocenters. The Bertz CT molecular complexity index is 3130. The Hall–Kier alpha value is -6.20.